The Labute approximate surface area is 214 Å². The molecule has 0 spiro atoms. The van der Waals surface area contributed by atoms with E-state index < -0.39 is 29.2 Å². The van der Waals surface area contributed by atoms with Crippen molar-refractivity contribution in [1.82, 2.24) is 0 Å². The highest BCUT2D eigenvalue weighted by Gasteiger charge is 2.43. The number of hydrogen-bond donors (Lipinski definition) is 0. The summed E-state index contributed by atoms with van der Waals surface area (Å²) in [7, 11) is 0. The Morgan fingerprint density at radius 2 is 1.86 bits per heavy atom. The van der Waals surface area contributed by atoms with Gasteiger partial charge in [-0.25, -0.2) is 9.18 Å². The fraction of sp³-hybridized carbons (Fsp3) is 0.179. The molecule has 3 aromatic carbocycles. The molecule has 1 amide bonds. The van der Waals surface area contributed by atoms with E-state index >= 15 is 0 Å². The molecule has 0 fully saturated rings. The number of hydrogen-bond acceptors (Lipinski definition) is 5. The zero-order valence-electron chi connectivity index (χ0n) is 19.3. The number of rotatable bonds is 6. The van der Waals surface area contributed by atoms with Crippen molar-refractivity contribution in [2.45, 2.75) is 25.8 Å². The van der Waals surface area contributed by atoms with Gasteiger partial charge in [0.05, 0.1) is 29.2 Å². The van der Waals surface area contributed by atoms with Crippen molar-refractivity contribution < 1.29 is 23.1 Å². The van der Waals surface area contributed by atoms with Crippen molar-refractivity contribution in [3.05, 3.63) is 110 Å². The number of anilines is 1. The van der Waals surface area contributed by atoms with Gasteiger partial charge in [-0.1, -0.05) is 41.4 Å². The van der Waals surface area contributed by atoms with Crippen LogP contribution in [0.1, 0.15) is 57.8 Å². The maximum atomic E-state index is 14.0. The third kappa shape index (κ3) is 4.22. The Kier molecular flexibility index (Phi) is 6.45. The molecule has 0 saturated carbocycles. The van der Waals surface area contributed by atoms with E-state index in [-0.39, 0.29) is 22.3 Å². The molecule has 1 aliphatic rings. The van der Waals surface area contributed by atoms with Gasteiger partial charge in [-0.2, -0.15) is 0 Å². The average molecular weight is 550 g/mol. The number of carbonyl (C=O) groups excluding carboxylic acids is 2. The number of ether oxygens (including phenoxy) is 1. The van der Waals surface area contributed by atoms with Crippen LogP contribution in [-0.4, -0.2) is 18.5 Å². The zero-order valence-corrected chi connectivity index (χ0v) is 20.9. The first-order valence-electron chi connectivity index (χ1n) is 11.5. The maximum absolute atomic E-state index is 14.0. The SMILES string of the molecule is CCCCOC(=O)c1ccc(N2C(=O)c3oc4ccc(F)cc4c(=O)c3C2c2cccc(Br)c2)cc1. The average Bonchev–Trinajstić information content (AvgIpc) is 3.17. The zero-order chi connectivity index (χ0) is 25.4. The number of esters is 1. The lowest BCUT2D eigenvalue weighted by Gasteiger charge is -2.25. The predicted octanol–water partition coefficient (Wildman–Crippen LogP) is 6.40. The molecule has 1 aromatic heterocycles. The highest BCUT2D eigenvalue weighted by atomic mass is 79.9. The Morgan fingerprint density at radius 1 is 1.08 bits per heavy atom. The van der Waals surface area contributed by atoms with Crippen LogP contribution in [0, 0.1) is 5.82 Å². The Hall–Kier alpha value is -3.78. The van der Waals surface area contributed by atoms with E-state index in [1.54, 1.807) is 36.4 Å². The van der Waals surface area contributed by atoms with E-state index in [1.165, 1.54) is 17.0 Å². The van der Waals surface area contributed by atoms with Gasteiger partial charge in [0.15, 0.2) is 5.43 Å². The monoisotopic (exact) mass is 549 g/mol. The van der Waals surface area contributed by atoms with Crippen LogP contribution < -0.4 is 10.3 Å². The number of amides is 1. The number of nitrogens with zero attached hydrogens (tertiary/aromatic N) is 1. The number of benzene rings is 3. The summed E-state index contributed by atoms with van der Waals surface area (Å²) in [4.78, 5) is 41.0. The largest absolute Gasteiger partial charge is 0.462 e. The first-order valence-corrected chi connectivity index (χ1v) is 12.3. The summed E-state index contributed by atoms with van der Waals surface area (Å²) in [6.45, 7) is 2.35. The van der Waals surface area contributed by atoms with Crippen LogP contribution in [0.2, 0.25) is 0 Å². The molecule has 36 heavy (non-hydrogen) atoms. The number of halogens is 2. The number of unbranched alkanes of at least 4 members (excludes halogenated alkanes) is 1. The summed E-state index contributed by atoms with van der Waals surface area (Å²) in [6, 6.07) is 16.5. The first kappa shape index (κ1) is 23.9. The van der Waals surface area contributed by atoms with Gasteiger partial charge >= 0.3 is 5.97 Å². The highest BCUT2D eigenvalue weighted by molar-refractivity contribution is 9.10. The third-order valence-corrected chi connectivity index (χ3v) is 6.60. The lowest BCUT2D eigenvalue weighted by molar-refractivity contribution is 0.0499. The fourth-order valence-corrected chi connectivity index (χ4v) is 4.77. The van der Waals surface area contributed by atoms with Crippen molar-refractivity contribution in [2.75, 3.05) is 11.5 Å². The first-order chi connectivity index (χ1) is 17.4. The lowest BCUT2D eigenvalue weighted by atomic mass is 9.98. The van der Waals surface area contributed by atoms with Crippen LogP contribution >= 0.6 is 15.9 Å². The van der Waals surface area contributed by atoms with Crippen molar-refractivity contribution in [2.24, 2.45) is 0 Å². The van der Waals surface area contributed by atoms with Gasteiger partial charge in [0.1, 0.15) is 11.4 Å². The molecular formula is C28H21BrFNO5. The summed E-state index contributed by atoms with van der Waals surface area (Å²) in [5.74, 6) is -1.61. The molecule has 182 valence electrons. The third-order valence-electron chi connectivity index (χ3n) is 6.11. The van der Waals surface area contributed by atoms with E-state index in [0.29, 0.717) is 23.4 Å². The van der Waals surface area contributed by atoms with E-state index in [0.717, 1.165) is 23.4 Å². The molecule has 6 nitrogen and oxygen atoms in total. The normalized spacial score (nSPS) is 14.8. The highest BCUT2D eigenvalue weighted by Crippen LogP contribution is 2.41. The van der Waals surface area contributed by atoms with Crippen molar-refractivity contribution in [1.29, 1.82) is 0 Å². The van der Waals surface area contributed by atoms with Crippen LogP contribution in [0.3, 0.4) is 0 Å². The Balaban J connectivity index is 1.63. The van der Waals surface area contributed by atoms with Crippen molar-refractivity contribution >= 4 is 44.5 Å². The fourth-order valence-electron chi connectivity index (χ4n) is 4.35. The van der Waals surface area contributed by atoms with Gasteiger partial charge in [0.2, 0.25) is 5.76 Å². The topological polar surface area (TPSA) is 76.8 Å². The molecule has 0 N–H and O–H groups in total. The second-order valence-corrected chi connectivity index (χ2v) is 9.40. The van der Waals surface area contributed by atoms with Gasteiger partial charge in [-0.3, -0.25) is 14.5 Å². The lowest BCUT2D eigenvalue weighted by Crippen LogP contribution is -2.29. The molecule has 2 heterocycles. The van der Waals surface area contributed by atoms with Gasteiger partial charge in [0, 0.05) is 10.2 Å². The van der Waals surface area contributed by atoms with Crippen LogP contribution in [0.15, 0.2) is 80.4 Å². The maximum Gasteiger partial charge on any atom is 0.338 e. The second kappa shape index (κ2) is 9.70. The molecule has 1 atom stereocenters. The molecule has 8 heteroatoms. The number of fused-ring (bicyclic) bond motifs is 2. The molecule has 0 saturated heterocycles. The Bertz CT molecular complexity index is 1550. The molecule has 1 aliphatic heterocycles. The molecule has 0 aliphatic carbocycles. The summed E-state index contributed by atoms with van der Waals surface area (Å²) in [6.07, 6.45) is 1.69. The number of carbonyl (C=O) groups is 2. The van der Waals surface area contributed by atoms with E-state index in [1.807, 2.05) is 19.1 Å². The smallest absolute Gasteiger partial charge is 0.338 e. The molecular weight excluding hydrogens is 529 g/mol. The molecule has 0 radical (unpaired) electrons. The van der Waals surface area contributed by atoms with E-state index in [9.17, 15) is 18.8 Å². The standard InChI is InChI=1S/C28H21BrFNO5/c1-2-3-13-35-28(34)16-7-10-20(11-8-16)31-24(17-5-4-6-18(29)14-17)23-25(32)21-15-19(30)9-12-22(21)36-26(23)27(31)33/h4-12,14-15,24H,2-3,13H2,1H3. The predicted molar refractivity (Wildman–Crippen MR) is 137 cm³/mol. The van der Waals surface area contributed by atoms with E-state index in [2.05, 4.69) is 15.9 Å². The van der Waals surface area contributed by atoms with Crippen LogP contribution in [0.4, 0.5) is 10.1 Å². The summed E-state index contributed by atoms with van der Waals surface area (Å²) in [5, 5.41) is 0.0635. The van der Waals surface area contributed by atoms with Gasteiger partial charge in [-0.15, -0.1) is 0 Å². The van der Waals surface area contributed by atoms with Gasteiger partial charge in [0.25, 0.3) is 5.91 Å². The van der Waals surface area contributed by atoms with Gasteiger partial charge in [-0.05, 0) is 66.6 Å². The van der Waals surface area contributed by atoms with Crippen LogP contribution in [-0.2, 0) is 4.74 Å². The minimum absolute atomic E-state index is 0.0635. The van der Waals surface area contributed by atoms with Gasteiger partial charge < -0.3 is 9.15 Å². The molecule has 0 bridgehead atoms. The van der Waals surface area contributed by atoms with Crippen LogP contribution in [0.25, 0.3) is 11.0 Å². The summed E-state index contributed by atoms with van der Waals surface area (Å²) in [5.41, 5.74) is 1.29. The van der Waals surface area contributed by atoms with E-state index in [4.69, 9.17) is 9.15 Å². The molecule has 1 unspecified atom stereocenters. The minimum Gasteiger partial charge on any atom is -0.462 e. The molecule has 5 rings (SSSR count). The Morgan fingerprint density at radius 3 is 2.58 bits per heavy atom. The van der Waals surface area contributed by atoms with Crippen LogP contribution in [0.5, 0.6) is 0 Å². The van der Waals surface area contributed by atoms with Crippen molar-refractivity contribution in [3.8, 4) is 0 Å². The molecule has 4 aromatic rings. The quantitative estimate of drug-likeness (QED) is 0.205. The minimum atomic E-state index is -0.809. The van der Waals surface area contributed by atoms with Crippen molar-refractivity contribution in [3.63, 3.8) is 0 Å². The second-order valence-electron chi connectivity index (χ2n) is 8.48. The summed E-state index contributed by atoms with van der Waals surface area (Å²) >= 11 is 3.45. The summed E-state index contributed by atoms with van der Waals surface area (Å²) < 4.78 is 25.9.